The molecule has 67 heavy (non-hydrogen) atoms. The van der Waals surface area contributed by atoms with Crippen LogP contribution in [-0.2, 0) is 35.4 Å². The molecule has 7 atom stereocenters. The highest BCUT2D eigenvalue weighted by atomic mass is 32.2. The molecule has 0 bridgehead atoms. The van der Waals surface area contributed by atoms with E-state index in [4.69, 9.17) is 28.4 Å². The molecule has 352 valence electrons. The van der Waals surface area contributed by atoms with Gasteiger partial charge < -0.3 is 49.3 Å². The third-order valence-corrected chi connectivity index (χ3v) is 14.3. The third-order valence-electron chi connectivity index (χ3n) is 13.5. The van der Waals surface area contributed by atoms with Gasteiger partial charge in [-0.25, -0.2) is 18.7 Å². The third kappa shape index (κ3) is 9.44. The fraction of sp³-hybridized carbons (Fsp3) is 0.449. The number of aliphatic hydroxyl groups is 2. The molecule has 6 aromatic rings. The van der Waals surface area contributed by atoms with E-state index in [2.05, 4.69) is 41.6 Å². The van der Waals surface area contributed by atoms with Crippen LogP contribution in [0.2, 0.25) is 0 Å². The maximum atomic E-state index is 17.0. The maximum Gasteiger partial charge on any atom is 0.213 e. The number of halogens is 2. The predicted octanol–water partition coefficient (Wildman–Crippen LogP) is 6.12. The van der Waals surface area contributed by atoms with Crippen molar-refractivity contribution in [2.24, 2.45) is 0 Å². The number of aryl methyl sites for hydroxylation is 1. The number of pyridine rings is 5. The zero-order valence-corrected chi connectivity index (χ0v) is 38.1. The molecule has 0 amide bonds. The van der Waals surface area contributed by atoms with Crippen molar-refractivity contribution in [2.45, 2.75) is 105 Å². The molecular formula is C49H53F2N7O8S. The van der Waals surface area contributed by atoms with Crippen molar-refractivity contribution in [1.82, 2.24) is 35.6 Å². The van der Waals surface area contributed by atoms with Gasteiger partial charge in [0.1, 0.15) is 28.9 Å². The monoisotopic (exact) mass is 937 g/mol. The number of hydrogen-bond donors (Lipinski definition) is 4. The number of ether oxygens (including phenoxy) is 6. The van der Waals surface area contributed by atoms with Gasteiger partial charge in [-0.1, -0.05) is 11.8 Å². The summed E-state index contributed by atoms with van der Waals surface area (Å²) in [5.74, 6) is -0.441. The quantitative estimate of drug-likeness (QED) is 0.0923. The van der Waals surface area contributed by atoms with Gasteiger partial charge in [-0.05, 0) is 80.5 Å². The topological polar surface area (TPSA) is 184 Å². The Balaban J connectivity index is 0.991. The number of fused-ring (bicyclic) bond motifs is 4. The molecule has 5 aromatic heterocycles. The van der Waals surface area contributed by atoms with Gasteiger partial charge in [0, 0.05) is 66.2 Å². The van der Waals surface area contributed by atoms with Crippen molar-refractivity contribution in [3.63, 3.8) is 0 Å². The molecule has 9 heterocycles. The highest BCUT2D eigenvalue weighted by Gasteiger charge is 2.54. The summed E-state index contributed by atoms with van der Waals surface area (Å²) < 4.78 is 69.1. The molecule has 15 nitrogen and oxygen atoms in total. The van der Waals surface area contributed by atoms with E-state index >= 15 is 8.78 Å². The van der Waals surface area contributed by atoms with E-state index in [1.54, 1.807) is 54.5 Å². The molecule has 18 heteroatoms. The summed E-state index contributed by atoms with van der Waals surface area (Å²) in [6, 6.07) is 13.4. The molecule has 0 saturated carbocycles. The molecule has 2 fully saturated rings. The minimum atomic E-state index is -2.22. The van der Waals surface area contributed by atoms with Gasteiger partial charge >= 0.3 is 0 Å². The minimum absolute atomic E-state index is 0.0463. The van der Waals surface area contributed by atoms with Crippen LogP contribution in [0.3, 0.4) is 0 Å². The SMILES string of the molecule is COc1ccc2ccc(F)c(C[C@@](O)(C(c3c(F)cnc4ccc(OC)nc34)C(O)[C@@H]3CC[C@@H](NCc4cc5c(cn4)OCCC5)CO3)[C@@H]3CC[C@@H](NCc4cc5c(cn4)OCS5)CO3)c2n1. The van der Waals surface area contributed by atoms with Crippen molar-refractivity contribution in [1.29, 1.82) is 0 Å². The Hall–Kier alpha value is -5.34. The van der Waals surface area contributed by atoms with E-state index in [0.717, 1.165) is 52.4 Å². The van der Waals surface area contributed by atoms with Crippen LogP contribution >= 0.6 is 11.8 Å². The van der Waals surface area contributed by atoms with Crippen LogP contribution in [0.4, 0.5) is 8.78 Å². The summed E-state index contributed by atoms with van der Waals surface area (Å²) in [6.07, 6.45) is 4.21. The Labute approximate surface area is 390 Å². The Bertz CT molecular complexity index is 2740. The first-order chi connectivity index (χ1) is 32.7. The lowest BCUT2D eigenvalue weighted by atomic mass is 9.68. The molecule has 0 aliphatic carbocycles. The summed E-state index contributed by atoms with van der Waals surface area (Å²) in [5, 5.41) is 34.5. The predicted molar refractivity (Wildman–Crippen MR) is 245 cm³/mol. The number of thioether (sulfide) groups is 1. The average Bonchev–Trinajstić information content (AvgIpc) is 3.85. The molecule has 0 spiro atoms. The molecule has 4 aliphatic rings. The van der Waals surface area contributed by atoms with Crippen molar-refractivity contribution >= 4 is 33.7 Å². The smallest absolute Gasteiger partial charge is 0.213 e. The second-order valence-electron chi connectivity index (χ2n) is 17.6. The number of benzene rings is 1. The first kappa shape index (κ1) is 45.4. The number of aromatic nitrogens is 5. The van der Waals surface area contributed by atoms with Crippen LogP contribution in [-0.4, -0.2) is 111 Å². The van der Waals surface area contributed by atoms with Gasteiger partial charge in [0.2, 0.25) is 11.8 Å². The van der Waals surface area contributed by atoms with E-state index in [9.17, 15) is 10.2 Å². The van der Waals surface area contributed by atoms with Gasteiger partial charge in [-0.15, -0.1) is 0 Å². The molecule has 4 aliphatic heterocycles. The number of hydrogen-bond acceptors (Lipinski definition) is 16. The Kier molecular flexibility index (Phi) is 13.4. The standard InChI is InChI=1S/C49H53F2N7O8S/c1-61-42-13-6-27-5-9-34(50)33(46(27)57-42)18-49(60,41-12-8-30(25-65-41)53-20-32-17-40-39(23-55-32)66-26-67-40)45(44-35(51)21-56-36-10-14-43(62-2)58-47(36)44)48(59)37-11-7-29(24-64-37)52-19-31-16-28-4-3-15-63-38(28)22-54-31/h5-6,9-10,13-14,16-17,21-23,29-30,37,41,45,48,52-53,59-60H,3-4,7-8,11-12,15,18-20,24-26H2,1-2H3/t29-,30-,37+,41+,45?,48?,49+/m1/s1. The highest BCUT2D eigenvalue weighted by Crippen LogP contribution is 2.47. The first-order valence-electron chi connectivity index (χ1n) is 22.7. The van der Waals surface area contributed by atoms with Crippen molar-refractivity contribution in [3.05, 3.63) is 107 Å². The van der Waals surface area contributed by atoms with Crippen molar-refractivity contribution in [2.75, 3.05) is 40.0 Å². The zero-order valence-electron chi connectivity index (χ0n) is 37.3. The average molecular weight is 938 g/mol. The van der Waals surface area contributed by atoms with E-state index in [1.807, 2.05) is 6.07 Å². The first-order valence-corrected chi connectivity index (χ1v) is 23.7. The molecule has 4 N–H and O–H groups in total. The van der Waals surface area contributed by atoms with E-state index in [0.29, 0.717) is 55.8 Å². The van der Waals surface area contributed by atoms with Crippen LogP contribution in [0.15, 0.2) is 72.0 Å². The van der Waals surface area contributed by atoms with Gasteiger partial charge in [-0.2, -0.15) is 0 Å². The normalized spacial score (nSPS) is 22.2. The summed E-state index contributed by atoms with van der Waals surface area (Å²) in [6.45, 7) is 2.01. The van der Waals surface area contributed by atoms with Crippen LogP contribution in [0.1, 0.15) is 66.1 Å². The van der Waals surface area contributed by atoms with E-state index in [-0.39, 0.29) is 65.6 Å². The number of aliphatic hydroxyl groups excluding tert-OH is 1. The van der Waals surface area contributed by atoms with Gasteiger partial charge in [0.25, 0.3) is 0 Å². The number of methoxy groups -OCH3 is 2. The fourth-order valence-electron chi connectivity index (χ4n) is 9.93. The second-order valence-corrected chi connectivity index (χ2v) is 18.6. The molecular weight excluding hydrogens is 885 g/mol. The number of nitrogens with zero attached hydrogens (tertiary/aromatic N) is 5. The zero-order chi connectivity index (χ0) is 46.1. The number of rotatable bonds is 15. The summed E-state index contributed by atoms with van der Waals surface area (Å²) in [7, 11) is 2.91. The Morgan fingerprint density at radius 2 is 1.52 bits per heavy atom. The van der Waals surface area contributed by atoms with Gasteiger partial charge in [0.05, 0.1) is 104 Å². The summed E-state index contributed by atoms with van der Waals surface area (Å²) in [5.41, 5.74) is 1.18. The Morgan fingerprint density at radius 3 is 2.27 bits per heavy atom. The molecule has 10 rings (SSSR count). The maximum absolute atomic E-state index is 17.0. The second kappa shape index (κ2) is 19.7. The lowest BCUT2D eigenvalue weighted by molar-refractivity contribution is -0.177. The van der Waals surface area contributed by atoms with E-state index < -0.39 is 47.9 Å². The molecule has 0 radical (unpaired) electrons. The largest absolute Gasteiger partial charge is 0.492 e. The van der Waals surface area contributed by atoms with Crippen LogP contribution in [0.25, 0.3) is 21.9 Å². The lowest BCUT2D eigenvalue weighted by Crippen LogP contribution is -2.59. The van der Waals surface area contributed by atoms with Crippen LogP contribution in [0, 0.1) is 11.6 Å². The fourth-order valence-corrected chi connectivity index (χ4v) is 10.7. The van der Waals surface area contributed by atoms with Crippen molar-refractivity contribution in [3.8, 4) is 23.3 Å². The van der Waals surface area contributed by atoms with Crippen LogP contribution in [0.5, 0.6) is 23.3 Å². The molecule has 1 aromatic carbocycles. The van der Waals surface area contributed by atoms with Crippen LogP contribution < -0.4 is 29.6 Å². The summed E-state index contributed by atoms with van der Waals surface area (Å²) in [4.78, 5) is 23.8. The Morgan fingerprint density at radius 1 is 0.806 bits per heavy atom. The van der Waals surface area contributed by atoms with E-state index in [1.165, 1.54) is 20.3 Å². The summed E-state index contributed by atoms with van der Waals surface area (Å²) >= 11 is 1.61. The molecule has 2 unspecified atom stereocenters. The van der Waals surface area contributed by atoms with Gasteiger partial charge in [-0.3, -0.25) is 15.0 Å². The number of nitrogens with one attached hydrogen (secondary N) is 2. The van der Waals surface area contributed by atoms with Gasteiger partial charge in [0.15, 0.2) is 5.75 Å². The van der Waals surface area contributed by atoms with Crippen molar-refractivity contribution < 1.29 is 47.4 Å². The lowest BCUT2D eigenvalue weighted by Gasteiger charge is -2.48. The molecule has 2 saturated heterocycles. The minimum Gasteiger partial charge on any atom is -0.492 e. The highest BCUT2D eigenvalue weighted by molar-refractivity contribution is 7.99.